The zero-order valence-corrected chi connectivity index (χ0v) is 7.49. The maximum absolute atomic E-state index is 13.0. The number of alkyl halides is 2. The van der Waals surface area contributed by atoms with Crippen LogP contribution >= 0.6 is 0 Å². The van der Waals surface area contributed by atoms with E-state index in [0.29, 0.717) is 12.1 Å². The Labute approximate surface area is 86.8 Å². The van der Waals surface area contributed by atoms with E-state index >= 15 is 0 Å². The predicted octanol–water partition coefficient (Wildman–Crippen LogP) is 2.21. The Morgan fingerprint density at radius 2 is 2.12 bits per heavy atom. The topological polar surface area (TPSA) is 76.2 Å². The molecule has 16 heavy (non-hydrogen) atoms. The summed E-state index contributed by atoms with van der Waals surface area (Å²) in [6, 6.07) is 2.53. The van der Waals surface area contributed by atoms with Crippen LogP contribution in [0.3, 0.4) is 0 Å². The standard InChI is InChI=1S/C8H3F3N2O3/c9-5-1-2-6(16-8(10)11)7(13(14)15)4(5)3-12/h1-2,8H. The Bertz CT molecular complexity index is 470. The molecule has 0 N–H and O–H groups in total. The van der Waals surface area contributed by atoms with Gasteiger partial charge in [0.25, 0.3) is 0 Å². The number of rotatable bonds is 3. The summed E-state index contributed by atoms with van der Waals surface area (Å²) in [5.41, 5.74) is -2.05. The first-order valence-corrected chi connectivity index (χ1v) is 3.79. The fraction of sp³-hybridized carbons (Fsp3) is 0.125. The van der Waals surface area contributed by atoms with Crippen LogP contribution in [-0.4, -0.2) is 11.5 Å². The molecule has 0 saturated heterocycles. The summed E-state index contributed by atoms with van der Waals surface area (Å²) in [6.07, 6.45) is 0. The van der Waals surface area contributed by atoms with Crippen LogP contribution < -0.4 is 4.74 Å². The lowest BCUT2D eigenvalue weighted by molar-refractivity contribution is -0.386. The summed E-state index contributed by atoms with van der Waals surface area (Å²) >= 11 is 0. The molecule has 8 heteroatoms. The van der Waals surface area contributed by atoms with Crippen molar-refractivity contribution in [1.29, 1.82) is 5.26 Å². The van der Waals surface area contributed by atoms with E-state index in [-0.39, 0.29) is 0 Å². The lowest BCUT2D eigenvalue weighted by Crippen LogP contribution is -2.06. The predicted molar refractivity (Wildman–Crippen MR) is 44.4 cm³/mol. The fourth-order valence-corrected chi connectivity index (χ4v) is 1.03. The summed E-state index contributed by atoms with van der Waals surface area (Å²) in [6.45, 7) is -3.30. The highest BCUT2D eigenvalue weighted by Crippen LogP contribution is 2.33. The summed E-state index contributed by atoms with van der Waals surface area (Å²) in [5, 5.41) is 19.0. The van der Waals surface area contributed by atoms with E-state index in [0.717, 1.165) is 0 Å². The normalized spacial score (nSPS) is 9.94. The van der Waals surface area contributed by atoms with Crippen LogP contribution in [0.2, 0.25) is 0 Å². The Morgan fingerprint density at radius 3 is 2.56 bits per heavy atom. The largest absolute Gasteiger partial charge is 0.427 e. The van der Waals surface area contributed by atoms with Crippen LogP contribution in [0.5, 0.6) is 5.75 Å². The number of benzene rings is 1. The van der Waals surface area contributed by atoms with Crippen LogP contribution in [0.1, 0.15) is 5.56 Å². The Hall–Kier alpha value is -2.30. The van der Waals surface area contributed by atoms with Crippen molar-refractivity contribution >= 4 is 5.69 Å². The molecule has 0 aromatic heterocycles. The van der Waals surface area contributed by atoms with Gasteiger partial charge >= 0.3 is 12.3 Å². The first-order chi connectivity index (χ1) is 7.47. The van der Waals surface area contributed by atoms with E-state index in [1.165, 1.54) is 6.07 Å². The van der Waals surface area contributed by atoms with Crippen molar-refractivity contribution in [2.24, 2.45) is 0 Å². The highest BCUT2D eigenvalue weighted by Gasteiger charge is 2.26. The van der Waals surface area contributed by atoms with Gasteiger partial charge in [-0.1, -0.05) is 0 Å². The molecule has 0 aliphatic carbocycles. The molecular formula is C8H3F3N2O3. The summed E-state index contributed by atoms with van der Waals surface area (Å²) in [5.74, 6) is -2.02. The van der Waals surface area contributed by atoms with Gasteiger partial charge in [0.15, 0.2) is 5.56 Å². The van der Waals surface area contributed by atoms with Gasteiger partial charge in [0, 0.05) is 0 Å². The van der Waals surface area contributed by atoms with Crippen molar-refractivity contribution in [3.63, 3.8) is 0 Å². The van der Waals surface area contributed by atoms with E-state index in [1.54, 1.807) is 0 Å². The molecule has 84 valence electrons. The highest BCUT2D eigenvalue weighted by atomic mass is 19.3. The number of ether oxygens (including phenoxy) is 1. The van der Waals surface area contributed by atoms with Crippen molar-refractivity contribution in [2.45, 2.75) is 6.61 Å². The van der Waals surface area contributed by atoms with E-state index in [2.05, 4.69) is 4.74 Å². The third kappa shape index (κ3) is 2.20. The number of nitro groups is 1. The van der Waals surface area contributed by atoms with Crippen molar-refractivity contribution in [1.82, 2.24) is 0 Å². The van der Waals surface area contributed by atoms with Crippen LogP contribution in [0.25, 0.3) is 0 Å². The average molecular weight is 232 g/mol. The third-order valence-corrected chi connectivity index (χ3v) is 1.60. The lowest BCUT2D eigenvalue weighted by atomic mass is 10.1. The molecule has 0 radical (unpaired) electrons. The zero-order chi connectivity index (χ0) is 12.3. The first-order valence-electron chi connectivity index (χ1n) is 3.79. The van der Waals surface area contributed by atoms with Gasteiger partial charge in [-0.15, -0.1) is 0 Å². The monoisotopic (exact) mass is 232 g/mol. The molecule has 0 heterocycles. The van der Waals surface area contributed by atoms with Crippen LogP contribution in [0.4, 0.5) is 18.9 Å². The van der Waals surface area contributed by atoms with Crippen LogP contribution in [-0.2, 0) is 0 Å². The second kappa shape index (κ2) is 4.48. The molecular weight excluding hydrogens is 229 g/mol. The van der Waals surface area contributed by atoms with Gasteiger partial charge in [0.05, 0.1) is 4.92 Å². The number of nitriles is 1. The van der Waals surface area contributed by atoms with Crippen LogP contribution in [0, 0.1) is 27.3 Å². The van der Waals surface area contributed by atoms with Gasteiger partial charge < -0.3 is 4.74 Å². The third-order valence-electron chi connectivity index (χ3n) is 1.60. The Balaban J connectivity index is 3.40. The van der Waals surface area contributed by atoms with E-state index in [9.17, 15) is 23.3 Å². The van der Waals surface area contributed by atoms with Gasteiger partial charge in [-0.25, -0.2) is 4.39 Å². The SMILES string of the molecule is N#Cc1c(F)ccc(OC(F)F)c1[N+](=O)[O-]. The minimum absolute atomic E-state index is 0.642. The maximum atomic E-state index is 13.0. The van der Waals surface area contributed by atoms with Gasteiger partial charge in [-0.2, -0.15) is 14.0 Å². The second-order valence-electron chi connectivity index (χ2n) is 2.52. The summed E-state index contributed by atoms with van der Waals surface area (Å²) in [7, 11) is 0. The first kappa shape index (κ1) is 11.8. The molecule has 0 amide bonds. The molecule has 1 aromatic rings. The van der Waals surface area contributed by atoms with Crippen LogP contribution in [0.15, 0.2) is 12.1 Å². The van der Waals surface area contributed by atoms with E-state index in [4.69, 9.17) is 5.26 Å². The molecule has 0 spiro atoms. The van der Waals surface area contributed by atoms with Gasteiger partial charge in [-0.05, 0) is 12.1 Å². The number of nitro benzene ring substituents is 1. The van der Waals surface area contributed by atoms with Crippen molar-refractivity contribution in [2.75, 3.05) is 0 Å². The Morgan fingerprint density at radius 1 is 1.50 bits per heavy atom. The molecule has 0 fully saturated rings. The number of nitrogens with zero attached hydrogens (tertiary/aromatic N) is 2. The number of hydrogen-bond acceptors (Lipinski definition) is 4. The van der Waals surface area contributed by atoms with Crippen molar-refractivity contribution in [3.8, 4) is 11.8 Å². The summed E-state index contributed by atoms with van der Waals surface area (Å²) < 4.78 is 40.5. The Kier molecular flexibility index (Phi) is 3.30. The van der Waals surface area contributed by atoms with E-state index in [1.807, 2.05) is 0 Å². The zero-order valence-electron chi connectivity index (χ0n) is 7.49. The highest BCUT2D eigenvalue weighted by molar-refractivity contribution is 5.58. The van der Waals surface area contributed by atoms with Gasteiger partial charge in [0.2, 0.25) is 5.75 Å². The quantitative estimate of drug-likeness (QED) is 0.591. The average Bonchev–Trinajstić information content (AvgIpc) is 2.18. The van der Waals surface area contributed by atoms with Crippen molar-refractivity contribution < 1.29 is 22.8 Å². The van der Waals surface area contributed by atoms with Gasteiger partial charge in [-0.3, -0.25) is 10.1 Å². The molecule has 0 bridgehead atoms. The van der Waals surface area contributed by atoms with Gasteiger partial charge in [0.1, 0.15) is 11.9 Å². The molecule has 0 atom stereocenters. The van der Waals surface area contributed by atoms with Crippen molar-refractivity contribution in [3.05, 3.63) is 33.6 Å². The molecule has 0 unspecified atom stereocenters. The minimum Gasteiger partial charge on any atom is -0.427 e. The molecule has 1 rings (SSSR count). The van der Waals surface area contributed by atoms with E-state index < -0.39 is 34.4 Å². The molecule has 1 aromatic carbocycles. The molecule has 5 nitrogen and oxygen atoms in total. The maximum Gasteiger partial charge on any atom is 0.387 e. The molecule has 0 aliphatic rings. The summed E-state index contributed by atoms with van der Waals surface area (Å²) in [4.78, 5) is 9.34. The number of halogens is 3. The number of hydrogen-bond donors (Lipinski definition) is 0. The second-order valence-corrected chi connectivity index (χ2v) is 2.52. The smallest absolute Gasteiger partial charge is 0.387 e. The fourth-order valence-electron chi connectivity index (χ4n) is 1.03. The molecule has 0 aliphatic heterocycles. The minimum atomic E-state index is -3.30. The molecule has 0 saturated carbocycles. The lowest BCUT2D eigenvalue weighted by Gasteiger charge is -2.05.